The molecule has 0 unspecified atom stereocenters. The van der Waals surface area contributed by atoms with Gasteiger partial charge in [0.1, 0.15) is 5.52 Å². The first-order chi connectivity index (χ1) is 13.3. The summed E-state index contributed by atoms with van der Waals surface area (Å²) >= 11 is 0. The van der Waals surface area contributed by atoms with Gasteiger partial charge in [-0.25, -0.2) is 4.68 Å². The van der Waals surface area contributed by atoms with Crippen molar-refractivity contribution in [2.45, 2.75) is 6.92 Å². The Morgan fingerprint density at radius 3 is 2.32 bits per heavy atom. The summed E-state index contributed by atoms with van der Waals surface area (Å²) < 4.78 is 1.62. The van der Waals surface area contributed by atoms with Crippen LogP contribution in [0.4, 0.5) is 11.4 Å². The molecule has 0 aliphatic carbocycles. The molecule has 0 aliphatic heterocycles. The van der Waals surface area contributed by atoms with Crippen molar-refractivity contribution in [1.82, 2.24) is 19.9 Å². The Morgan fingerprint density at radius 1 is 1.04 bits per heavy atom. The number of hydrogen-bond acceptors (Lipinski definition) is 5. The van der Waals surface area contributed by atoms with Gasteiger partial charge in [0, 0.05) is 38.0 Å². The van der Waals surface area contributed by atoms with Crippen molar-refractivity contribution in [3.63, 3.8) is 0 Å². The average Bonchev–Trinajstić information content (AvgIpc) is 3.02. The number of nitrogens with zero attached hydrogens (tertiary/aromatic N) is 4. The lowest BCUT2D eigenvalue weighted by molar-refractivity contribution is -0.116. The molecule has 0 radical (unpaired) electrons. The minimum Gasteiger partial charge on any atom is -0.332 e. The van der Waals surface area contributed by atoms with Gasteiger partial charge in [-0.2, -0.15) is 0 Å². The van der Waals surface area contributed by atoms with E-state index in [9.17, 15) is 14.4 Å². The Hall–Kier alpha value is -3.75. The van der Waals surface area contributed by atoms with Crippen LogP contribution >= 0.6 is 0 Å². The fourth-order valence-electron chi connectivity index (χ4n) is 2.72. The summed E-state index contributed by atoms with van der Waals surface area (Å²) in [6.45, 7) is 1.31. The first-order valence-corrected chi connectivity index (χ1v) is 8.56. The molecule has 0 saturated carbocycles. The number of hydrogen-bond donors (Lipinski definition) is 2. The molecule has 0 saturated heterocycles. The third-order valence-corrected chi connectivity index (χ3v) is 4.07. The fraction of sp³-hybridized carbons (Fsp3) is 0.211. The molecule has 0 spiro atoms. The molecule has 0 bridgehead atoms. The Morgan fingerprint density at radius 2 is 1.68 bits per heavy atom. The molecule has 144 valence electrons. The van der Waals surface area contributed by atoms with Crippen molar-refractivity contribution < 1.29 is 14.4 Å². The van der Waals surface area contributed by atoms with E-state index in [1.165, 1.54) is 11.8 Å². The van der Waals surface area contributed by atoms with Crippen LogP contribution in [0.3, 0.4) is 0 Å². The predicted octanol–water partition coefficient (Wildman–Crippen LogP) is 1.64. The Kier molecular flexibility index (Phi) is 5.35. The minimum absolute atomic E-state index is 0.106. The van der Waals surface area contributed by atoms with Crippen molar-refractivity contribution in [1.29, 1.82) is 0 Å². The van der Waals surface area contributed by atoms with Crippen molar-refractivity contribution in [2.75, 3.05) is 24.2 Å². The second-order valence-electron chi connectivity index (χ2n) is 6.38. The zero-order valence-corrected chi connectivity index (χ0v) is 15.8. The number of aryl methyl sites for hydroxylation is 1. The highest BCUT2D eigenvalue weighted by atomic mass is 16.2. The van der Waals surface area contributed by atoms with Crippen LogP contribution in [-0.2, 0) is 16.6 Å². The summed E-state index contributed by atoms with van der Waals surface area (Å²) in [5, 5.41) is 13.3. The Balaban J connectivity index is 1.61. The van der Waals surface area contributed by atoms with Crippen molar-refractivity contribution in [2.24, 2.45) is 7.05 Å². The van der Waals surface area contributed by atoms with Gasteiger partial charge in [-0.05, 0) is 42.5 Å². The number of fused-ring (bicyclic) bond motifs is 1. The van der Waals surface area contributed by atoms with Gasteiger partial charge in [-0.15, -0.1) is 5.10 Å². The molecular weight excluding hydrogens is 360 g/mol. The summed E-state index contributed by atoms with van der Waals surface area (Å²) in [6.07, 6.45) is 0. The van der Waals surface area contributed by atoms with Crippen molar-refractivity contribution in [3.05, 3.63) is 48.0 Å². The number of rotatable bonds is 5. The van der Waals surface area contributed by atoms with Crippen LogP contribution in [0, 0.1) is 0 Å². The quantitative estimate of drug-likeness (QED) is 0.699. The normalized spacial score (nSPS) is 10.5. The number of aromatic nitrogens is 3. The van der Waals surface area contributed by atoms with Crippen molar-refractivity contribution in [3.8, 4) is 0 Å². The minimum atomic E-state index is -0.330. The van der Waals surface area contributed by atoms with Crippen LogP contribution < -0.4 is 10.6 Å². The van der Waals surface area contributed by atoms with E-state index < -0.39 is 0 Å². The molecule has 2 aromatic carbocycles. The summed E-state index contributed by atoms with van der Waals surface area (Å²) in [5.41, 5.74) is 3.08. The largest absolute Gasteiger partial charge is 0.332 e. The number of nitrogens with one attached hydrogen (secondary N) is 2. The third kappa shape index (κ3) is 4.32. The third-order valence-electron chi connectivity index (χ3n) is 4.07. The van der Waals surface area contributed by atoms with Gasteiger partial charge in [0.05, 0.1) is 12.1 Å². The molecule has 28 heavy (non-hydrogen) atoms. The van der Waals surface area contributed by atoms with E-state index in [-0.39, 0.29) is 24.3 Å². The number of amides is 3. The van der Waals surface area contributed by atoms with E-state index in [2.05, 4.69) is 20.9 Å². The molecule has 0 atom stereocenters. The van der Waals surface area contributed by atoms with Crippen LogP contribution in [0.1, 0.15) is 17.3 Å². The molecule has 3 rings (SSSR count). The monoisotopic (exact) mass is 380 g/mol. The lowest BCUT2D eigenvalue weighted by Crippen LogP contribution is -2.34. The lowest BCUT2D eigenvalue weighted by atomic mass is 10.1. The van der Waals surface area contributed by atoms with Gasteiger partial charge < -0.3 is 15.5 Å². The number of carbonyl (C=O) groups is 3. The molecule has 1 heterocycles. The summed E-state index contributed by atoms with van der Waals surface area (Å²) in [4.78, 5) is 37.2. The smallest absolute Gasteiger partial charge is 0.254 e. The van der Waals surface area contributed by atoms with Gasteiger partial charge in [-0.1, -0.05) is 5.21 Å². The summed E-state index contributed by atoms with van der Waals surface area (Å²) in [5.74, 6) is -0.788. The Bertz CT molecular complexity index is 1040. The molecule has 2 N–H and O–H groups in total. The van der Waals surface area contributed by atoms with Gasteiger partial charge in [-0.3, -0.25) is 14.4 Å². The van der Waals surface area contributed by atoms with E-state index in [0.717, 1.165) is 5.52 Å². The van der Waals surface area contributed by atoms with Gasteiger partial charge in [0.15, 0.2) is 0 Å². The lowest BCUT2D eigenvalue weighted by Gasteiger charge is -2.17. The highest BCUT2D eigenvalue weighted by Crippen LogP contribution is 2.15. The van der Waals surface area contributed by atoms with E-state index in [1.807, 2.05) is 0 Å². The maximum atomic E-state index is 12.6. The second kappa shape index (κ2) is 7.87. The molecule has 9 nitrogen and oxygen atoms in total. The molecular formula is C19H20N6O3. The van der Waals surface area contributed by atoms with E-state index in [0.29, 0.717) is 22.5 Å². The van der Waals surface area contributed by atoms with Gasteiger partial charge in [0.25, 0.3) is 5.91 Å². The maximum Gasteiger partial charge on any atom is 0.254 e. The molecule has 9 heteroatoms. The van der Waals surface area contributed by atoms with Crippen LogP contribution in [0.5, 0.6) is 0 Å². The number of carbonyl (C=O) groups excluding carboxylic acids is 3. The topological polar surface area (TPSA) is 109 Å². The average molecular weight is 380 g/mol. The van der Waals surface area contributed by atoms with E-state index >= 15 is 0 Å². The molecule has 3 amide bonds. The van der Waals surface area contributed by atoms with E-state index in [1.54, 1.807) is 61.2 Å². The molecule has 3 aromatic rings. The highest BCUT2D eigenvalue weighted by Gasteiger charge is 2.16. The maximum absolute atomic E-state index is 12.6. The van der Waals surface area contributed by atoms with Gasteiger partial charge >= 0.3 is 0 Å². The van der Waals surface area contributed by atoms with E-state index in [4.69, 9.17) is 0 Å². The Labute approximate surface area is 161 Å². The molecule has 0 fully saturated rings. The fourth-order valence-corrected chi connectivity index (χ4v) is 2.72. The second-order valence-corrected chi connectivity index (χ2v) is 6.38. The first-order valence-electron chi connectivity index (χ1n) is 8.56. The molecule has 0 aliphatic rings. The summed E-state index contributed by atoms with van der Waals surface area (Å²) in [6, 6.07) is 11.8. The SMILES string of the molecule is CC(=O)Nc1ccc(NC(=O)CN(C)C(=O)c2ccc3c(c2)nnn3C)cc1. The van der Waals surface area contributed by atoms with Crippen LogP contribution in [0.15, 0.2) is 42.5 Å². The number of likely N-dealkylation sites (N-methyl/N-ethyl adjacent to an activating group) is 1. The zero-order chi connectivity index (χ0) is 20.3. The summed E-state index contributed by atoms with van der Waals surface area (Å²) in [7, 11) is 3.33. The standard InChI is InChI=1S/C19H20N6O3/c1-12(26)20-14-5-7-15(8-6-14)21-18(27)11-24(2)19(28)13-4-9-17-16(10-13)22-23-25(17)3/h4-10H,11H2,1-3H3,(H,20,26)(H,21,27). The van der Waals surface area contributed by atoms with Crippen molar-refractivity contribution >= 4 is 40.1 Å². The number of anilines is 2. The van der Waals surface area contributed by atoms with Crippen LogP contribution in [0.2, 0.25) is 0 Å². The highest BCUT2D eigenvalue weighted by molar-refractivity contribution is 6.01. The van der Waals surface area contributed by atoms with Gasteiger partial charge in [0.2, 0.25) is 11.8 Å². The first kappa shape index (κ1) is 19.0. The number of benzene rings is 2. The predicted molar refractivity (Wildman–Crippen MR) is 105 cm³/mol. The molecule has 1 aromatic heterocycles. The zero-order valence-electron chi connectivity index (χ0n) is 15.8. The van der Waals surface area contributed by atoms with Crippen LogP contribution in [0.25, 0.3) is 11.0 Å². The van der Waals surface area contributed by atoms with Crippen LogP contribution in [-0.4, -0.2) is 51.2 Å².